The zero-order chi connectivity index (χ0) is 22.0. The molecule has 0 aromatic carbocycles. The van der Waals surface area contributed by atoms with Crippen molar-refractivity contribution in [2.24, 2.45) is 0 Å². The quantitative estimate of drug-likeness (QED) is 0.206. The summed E-state index contributed by atoms with van der Waals surface area (Å²) in [6.45, 7) is 0.740. The van der Waals surface area contributed by atoms with Gasteiger partial charge in [0.05, 0.1) is 19.0 Å². The van der Waals surface area contributed by atoms with Crippen LogP contribution in [0.25, 0.3) is 11.2 Å². The number of fused-ring (bicyclic) bond motifs is 1. The molecule has 0 saturated carbocycles. The summed E-state index contributed by atoms with van der Waals surface area (Å²) in [5.74, 6) is -1.40. The van der Waals surface area contributed by atoms with Gasteiger partial charge in [0.15, 0.2) is 23.2 Å². The molecule has 30 heavy (non-hydrogen) atoms. The van der Waals surface area contributed by atoms with Crippen LogP contribution in [0.3, 0.4) is 0 Å². The van der Waals surface area contributed by atoms with Gasteiger partial charge in [0, 0.05) is 0 Å². The van der Waals surface area contributed by atoms with Gasteiger partial charge in [-0.1, -0.05) is 0 Å². The van der Waals surface area contributed by atoms with E-state index in [1.54, 1.807) is 0 Å². The van der Waals surface area contributed by atoms with Crippen LogP contribution in [0.15, 0.2) is 12.7 Å². The SMILES string of the molecule is C[C@@H](O)[C@H](NNC(=O)Nc1ncnc2c1ncn2[C@@H]1O[C@H](CO)[C@@H](O)[C@H]1O)C(=O)O. The number of hydrazine groups is 1. The van der Waals surface area contributed by atoms with E-state index < -0.39 is 55.3 Å². The van der Waals surface area contributed by atoms with Gasteiger partial charge < -0.3 is 30.3 Å². The number of nitrogens with zero attached hydrogens (tertiary/aromatic N) is 4. The average molecular weight is 427 g/mol. The van der Waals surface area contributed by atoms with Crippen LogP contribution < -0.4 is 16.2 Å². The maximum atomic E-state index is 12.1. The summed E-state index contributed by atoms with van der Waals surface area (Å²) < 4.78 is 6.76. The average Bonchev–Trinajstić information content (AvgIpc) is 3.23. The second kappa shape index (κ2) is 8.82. The first-order chi connectivity index (χ1) is 14.2. The second-order valence-corrected chi connectivity index (χ2v) is 6.56. The van der Waals surface area contributed by atoms with Crippen molar-refractivity contribution in [1.29, 1.82) is 0 Å². The number of carboxylic acid groups (broad SMARTS) is 1. The molecule has 0 bridgehead atoms. The molecule has 15 nitrogen and oxygen atoms in total. The predicted octanol–water partition coefficient (Wildman–Crippen LogP) is -3.10. The Kier molecular flexibility index (Phi) is 6.40. The highest BCUT2D eigenvalue weighted by molar-refractivity contribution is 5.95. The van der Waals surface area contributed by atoms with E-state index in [-0.39, 0.29) is 17.0 Å². The predicted molar refractivity (Wildman–Crippen MR) is 96.7 cm³/mol. The van der Waals surface area contributed by atoms with Gasteiger partial charge in [0.1, 0.15) is 30.7 Å². The minimum Gasteiger partial charge on any atom is -0.480 e. The number of aliphatic carboxylic acids is 1. The Morgan fingerprint density at radius 3 is 2.60 bits per heavy atom. The standard InChI is InChI=1S/C15H21N7O8/c1-5(24)7(14(27)28)20-21-15(29)19-11-8-12(17-3-16-11)22(4-18-8)13-10(26)9(25)6(2-23)30-13/h3-7,9-10,13,20,23-26H,2H2,1H3,(H,27,28)(H2,16,17,19,21,29)/t5-,6-,7+,9-,10-,13-/m1/s1. The van der Waals surface area contributed by atoms with E-state index in [1.165, 1.54) is 17.8 Å². The summed E-state index contributed by atoms with van der Waals surface area (Å²) in [5.41, 5.74) is 4.54. The molecule has 1 aliphatic heterocycles. The molecule has 2 amide bonds. The fourth-order valence-electron chi connectivity index (χ4n) is 2.91. The van der Waals surface area contributed by atoms with Crippen LogP contribution in [0, 0.1) is 0 Å². The Morgan fingerprint density at radius 2 is 2.00 bits per heavy atom. The lowest BCUT2D eigenvalue weighted by atomic mass is 10.1. The molecular formula is C15H21N7O8. The van der Waals surface area contributed by atoms with Gasteiger partial charge in [-0.05, 0) is 6.92 Å². The number of carboxylic acids is 1. The van der Waals surface area contributed by atoms with Crippen molar-refractivity contribution in [1.82, 2.24) is 30.4 Å². The van der Waals surface area contributed by atoms with E-state index in [9.17, 15) is 30.0 Å². The van der Waals surface area contributed by atoms with E-state index in [2.05, 4.69) is 31.1 Å². The van der Waals surface area contributed by atoms with E-state index in [1.807, 2.05) is 0 Å². The van der Waals surface area contributed by atoms with Crippen molar-refractivity contribution < 1.29 is 39.9 Å². The van der Waals surface area contributed by atoms with Crippen molar-refractivity contribution in [3.8, 4) is 0 Å². The molecule has 3 rings (SSSR count). The number of rotatable bonds is 7. The summed E-state index contributed by atoms with van der Waals surface area (Å²) >= 11 is 0. The number of carbonyl (C=O) groups excluding carboxylic acids is 1. The minimum absolute atomic E-state index is 0.0336. The van der Waals surface area contributed by atoms with Gasteiger partial charge in [0.25, 0.3) is 0 Å². The van der Waals surface area contributed by atoms with E-state index >= 15 is 0 Å². The molecule has 3 heterocycles. The molecule has 1 saturated heterocycles. The topological polar surface area (TPSA) is 224 Å². The lowest BCUT2D eigenvalue weighted by Gasteiger charge is -2.18. The zero-order valence-electron chi connectivity index (χ0n) is 15.6. The monoisotopic (exact) mass is 427 g/mol. The van der Waals surface area contributed by atoms with Crippen LogP contribution in [0.4, 0.5) is 10.6 Å². The fourth-order valence-corrected chi connectivity index (χ4v) is 2.91. The Labute approximate surface area is 168 Å². The number of amides is 2. The largest absolute Gasteiger partial charge is 0.480 e. The van der Waals surface area contributed by atoms with Crippen molar-refractivity contribution in [3.05, 3.63) is 12.7 Å². The first-order valence-electron chi connectivity index (χ1n) is 8.78. The highest BCUT2D eigenvalue weighted by Crippen LogP contribution is 2.31. The van der Waals surface area contributed by atoms with Gasteiger partial charge >= 0.3 is 12.0 Å². The number of carbonyl (C=O) groups is 2. The Bertz CT molecular complexity index is 922. The molecule has 1 fully saturated rings. The second-order valence-electron chi connectivity index (χ2n) is 6.56. The maximum absolute atomic E-state index is 12.1. The molecule has 0 radical (unpaired) electrons. The highest BCUT2D eigenvalue weighted by atomic mass is 16.6. The van der Waals surface area contributed by atoms with E-state index in [4.69, 9.17) is 9.84 Å². The third-order valence-corrected chi connectivity index (χ3v) is 4.47. The number of hydrogen-bond donors (Lipinski definition) is 8. The van der Waals surface area contributed by atoms with E-state index in [0.29, 0.717) is 0 Å². The summed E-state index contributed by atoms with van der Waals surface area (Å²) in [4.78, 5) is 35.1. The van der Waals surface area contributed by atoms with E-state index in [0.717, 1.165) is 6.33 Å². The zero-order valence-corrected chi connectivity index (χ0v) is 15.6. The number of aliphatic hydroxyl groups is 4. The summed E-state index contributed by atoms with van der Waals surface area (Å²) in [7, 11) is 0. The van der Waals surface area contributed by atoms with Gasteiger partial charge in [-0.3, -0.25) is 20.1 Å². The number of hydrogen-bond acceptors (Lipinski definition) is 11. The molecule has 1 aliphatic rings. The molecule has 2 aromatic rings. The van der Waals surface area contributed by atoms with Crippen LogP contribution in [0.1, 0.15) is 13.2 Å². The summed E-state index contributed by atoms with van der Waals surface area (Å²) in [6, 6.07) is -2.32. The van der Waals surface area contributed by atoms with Gasteiger partial charge in [-0.2, -0.15) is 0 Å². The molecule has 6 atom stereocenters. The van der Waals surface area contributed by atoms with Crippen molar-refractivity contribution >= 4 is 29.0 Å². The molecule has 8 N–H and O–H groups in total. The molecule has 0 unspecified atom stereocenters. The number of imidazole rings is 1. The first kappa shape index (κ1) is 21.8. The number of aromatic nitrogens is 4. The molecular weight excluding hydrogens is 406 g/mol. The van der Waals surface area contributed by atoms with Crippen molar-refractivity contribution in [3.63, 3.8) is 0 Å². The maximum Gasteiger partial charge on any atom is 0.334 e. The number of ether oxygens (including phenoxy) is 1. The van der Waals surface area contributed by atoms with Gasteiger partial charge in [0.2, 0.25) is 0 Å². The smallest absolute Gasteiger partial charge is 0.334 e. The van der Waals surface area contributed by atoms with Crippen LogP contribution in [-0.4, -0.2) is 94.1 Å². The third-order valence-electron chi connectivity index (χ3n) is 4.47. The Balaban J connectivity index is 1.76. The Morgan fingerprint density at radius 1 is 1.27 bits per heavy atom. The summed E-state index contributed by atoms with van der Waals surface area (Å²) in [5, 5.41) is 50.1. The van der Waals surface area contributed by atoms with Crippen molar-refractivity contribution in [2.45, 2.75) is 43.6 Å². The van der Waals surface area contributed by atoms with Crippen molar-refractivity contribution in [2.75, 3.05) is 11.9 Å². The minimum atomic E-state index is -1.44. The van der Waals surface area contributed by atoms with Crippen LogP contribution in [-0.2, 0) is 9.53 Å². The Hall–Kier alpha value is -2.95. The number of nitrogens with one attached hydrogen (secondary N) is 3. The first-order valence-corrected chi connectivity index (χ1v) is 8.78. The lowest BCUT2D eigenvalue weighted by molar-refractivity contribution is -0.142. The normalized spacial score (nSPS) is 25.8. The van der Waals surface area contributed by atoms with Crippen LogP contribution >= 0.6 is 0 Å². The highest BCUT2D eigenvalue weighted by Gasteiger charge is 2.44. The molecule has 0 spiro atoms. The molecule has 0 aliphatic carbocycles. The van der Waals surface area contributed by atoms with Gasteiger partial charge in [-0.25, -0.2) is 25.2 Å². The fraction of sp³-hybridized carbons (Fsp3) is 0.533. The molecule has 15 heteroatoms. The van der Waals surface area contributed by atoms with Crippen LogP contribution in [0.2, 0.25) is 0 Å². The molecule has 164 valence electrons. The van der Waals surface area contributed by atoms with Crippen LogP contribution in [0.5, 0.6) is 0 Å². The number of anilines is 1. The van der Waals surface area contributed by atoms with Gasteiger partial charge in [-0.15, -0.1) is 0 Å². The number of urea groups is 1. The molecule has 2 aromatic heterocycles. The third kappa shape index (κ3) is 4.16. The summed E-state index contributed by atoms with van der Waals surface area (Å²) in [6.07, 6.45) is -3.65. The lowest BCUT2D eigenvalue weighted by Crippen LogP contribution is -2.54. The number of aliphatic hydroxyl groups excluding tert-OH is 4.